The number of hydrogen-bond acceptors (Lipinski definition) is 5. The lowest BCUT2D eigenvalue weighted by atomic mass is 9.99. The van der Waals surface area contributed by atoms with E-state index in [0.29, 0.717) is 11.6 Å². The molecule has 86 valence electrons. The van der Waals surface area contributed by atoms with E-state index in [2.05, 4.69) is 9.97 Å². The van der Waals surface area contributed by atoms with Crippen LogP contribution in [0.1, 0.15) is 24.0 Å². The Balaban J connectivity index is 2.21. The molecule has 1 aliphatic heterocycles. The van der Waals surface area contributed by atoms with Gasteiger partial charge in [-0.15, -0.1) is 0 Å². The third-order valence-electron chi connectivity index (χ3n) is 2.73. The maximum Gasteiger partial charge on any atom is 0.236 e. The molecule has 0 spiro atoms. The summed E-state index contributed by atoms with van der Waals surface area (Å²) in [4.78, 5) is 21.5. The molecule has 1 amide bonds. The minimum Gasteiger partial charge on any atom is -0.384 e. The smallest absolute Gasteiger partial charge is 0.236 e. The van der Waals surface area contributed by atoms with Crippen molar-refractivity contribution in [1.29, 1.82) is 0 Å². The first-order valence-corrected chi connectivity index (χ1v) is 5.22. The van der Waals surface area contributed by atoms with Crippen LogP contribution < -0.4 is 11.5 Å². The van der Waals surface area contributed by atoms with E-state index in [9.17, 15) is 4.79 Å². The molecule has 1 aliphatic rings. The van der Waals surface area contributed by atoms with Gasteiger partial charge in [0.05, 0.1) is 18.3 Å². The standard InChI is InChI=1S/C10H15N5O/c1-6-13-7(4-9(12)14-6)8-2-3-15(8)10(16)5-11/h4,8H,2-3,5,11H2,1H3,(H2,12,13,14)/t8-/m0/s1. The molecule has 1 fully saturated rings. The Hall–Kier alpha value is -1.69. The second-order valence-corrected chi connectivity index (χ2v) is 3.86. The number of nitrogens with zero attached hydrogens (tertiary/aromatic N) is 3. The van der Waals surface area contributed by atoms with Crippen molar-refractivity contribution < 1.29 is 4.79 Å². The van der Waals surface area contributed by atoms with Crippen LogP contribution in [0.15, 0.2) is 6.07 Å². The molecule has 1 aromatic heterocycles. The van der Waals surface area contributed by atoms with Gasteiger partial charge in [0.15, 0.2) is 0 Å². The van der Waals surface area contributed by atoms with Gasteiger partial charge in [-0.25, -0.2) is 9.97 Å². The summed E-state index contributed by atoms with van der Waals surface area (Å²) < 4.78 is 0. The van der Waals surface area contributed by atoms with Crippen molar-refractivity contribution in [3.63, 3.8) is 0 Å². The Kier molecular flexibility index (Phi) is 2.74. The fourth-order valence-corrected chi connectivity index (χ4v) is 1.90. The Morgan fingerprint density at radius 1 is 1.62 bits per heavy atom. The zero-order chi connectivity index (χ0) is 11.7. The van der Waals surface area contributed by atoms with E-state index in [1.54, 1.807) is 17.9 Å². The molecule has 6 heteroatoms. The lowest BCUT2D eigenvalue weighted by Crippen LogP contribution is -2.48. The zero-order valence-corrected chi connectivity index (χ0v) is 9.18. The highest BCUT2D eigenvalue weighted by Gasteiger charge is 2.33. The molecule has 0 saturated carbocycles. The average Bonchev–Trinajstić information content (AvgIpc) is 2.14. The van der Waals surface area contributed by atoms with Crippen molar-refractivity contribution in [2.45, 2.75) is 19.4 Å². The van der Waals surface area contributed by atoms with E-state index in [1.807, 2.05) is 0 Å². The number of aryl methyl sites for hydroxylation is 1. The topological polar surface area (TPSA) is 98.1 Å². The molecule has 0 bridgehead atoms. The first kappa shape index (κ1) is 10.8. The third kappa shape index (κ3) is 1.83. The summed E-state index contributed by atoms with van der Waals surface area (Å²) in [6.45, 7) is 2.56. The number of rotatable bonds is 2. The van der Waals surface area contributed by atoms with Crippen LogP contribution in [0.4, 0.5) is 5.82 Å². The summed E-state index contributed by atoms with van der Waals surface area (Å²) in [5, 5.41) is 0. The maximum absolute atomic E-state index is 11.5. The molecule has 1 atom stereocenters. The van der Waals surface area contributed by atoms with Crippen molar-refractivity contribution in [2.24, 2.45) is 5.73 Å². The Bertz CT molecular complexity index is 399. The SMILES string of the molecule is Cc1nc(N)cc([C@@H]2CCN2C(=O)CN)n1. The van der Waals surface area contributed by atoms with Gasteiger partial charge in [0, 0.05) is 12.6 Å². The molecule has 0 unspecified atom stereocenters. The number of carbonyl (C=O) groups excluding carboxylic acids is 1. The number of nitrogen functional groups attached to an aromatic ring is 1. The van der Waals surface area contributed by atoms with Crippen LogP contribution in [0, 0.1) is 6.92 Å². The second kappa shape index (κ2) is 4.05. The number of amides is 1. The highest BCUT2D eigenvalue weighted by Crippen LogP contribution is 2.32. The number of hydrogen-bond donors (Lipinski definition) is 2. The highest BCUT2D eigenvalue weighted by molar-refractivity contribution is 5.79. The van der Waals surface area contributed by atoms with Crippen LogP contribution in [0.25, 0.3) is 0 Å². The zero-order valence-electron chi connectivity index (χ0n) is 9.18. The van der Waals surface area contributed by atoms with E-state index in [1.165, 1.54) is 0 Å². The number of likely N-dealkylation sites (tertiary alicyclic amines) is 1. The molecule has 16 heavy (non-hydrogen) atoms. The largest absolute Gasteiger partial charge is 0.384 e. The average molecular weight is 221 g/mol. The monoisotopic (exact) mass is 221 g/mol. The summed E-state index contributed by atoms with van der Waals surface area (Å²) >= 11 is 0. The van der Waals surface area contributed by atoms with Crippen molar-refractivity contribution in [2.75, 3.05) is 18.8 Å². The number of anilines is 1. The number of aromatic nitrogens is 2. The van der Waals surface area contributed by atoms with Crippen LogP contribution in [-0.2, 0) is 4.79 Å². The summed E-state index contributed by atoms with van der Waals surface area (Å²) in [5.41, 5.74) is 11.8. The van der Waals surface area contributed by atoms with Crippen LogP contribution in [0.3, 0.4) is 0 Å². The molecule has 1 saturated heterocycles. The van der Waals surface area contributed by atoms with Crippen molar-refractivity contribution >= 4 is 11.7 Å². The summed E-state index contributed by atoms with van der Waals surface area (Å²) in [6.07, 6.45) is 0.904. The third-order valence-corrected chi connectivity index (χ3v) is 2.73. The van der Waals surface area contributed by atoms with Gasteiger partial charge in [-0.05, 0) is 13.3 Å². The van der Waals surface area contributed by atoms with Crippen molar-refractivity contribution in [3.8, 4) is 0 Å². The Morgan fingerprint density at radius 2 is 2.38 bits per heavy atom. The quantitative estimate of drug-likeness (QED) is 0.708. The van der Waals surface area contributed by atoms with Crippen LogP contribution in [0.2, 0.25) is 0 Å². The normalized spacial score (nSPS) is 19.4. The second-order valence-electron chi connectivity index (χ2n) is 3.86. The highest BCUT2D eigenvalue weighted by atomic mass is 16.2. The summed E-state index contributed by atoms with van der Waals surface area (Å²) in [7, 11) is 0. The molecule has 2 heterocycles. The van der Waals surface area contributed by atoms with Crippen LogP contribution in [0.5, 0.6) is 0 Å². The minimum absolute atomic E-state index is 0.0139. The van der Waals surface area contributed by atoms with Gasteiger partial charge in [0.1, 0.15) is 11.6 Å². The first-order valence-electron chi connectivity index (χ1n) is 5.22. The minimum atomic E-state index is -0.0499. The predicted octanol–water partition coefficient (Wildman–Crippen LogP) is -0.401. The Labute approximate surface area is 93.7 Å². The van der Waals surface area contributed by atoms with Crippen molar-refractivity contribution in [1.82, 2.24) is 14.9 Å². The van der Waals surface area contributed by atoms with Crippen molar-refractivity contribution in [3.05, 3.63) is 17.6 Å². The molecule has 0 aromatic carbocycles. The fraction of sp³-hybridized carbons (Fsp3) is 0.500. The summed E-state index contributed by atoms with van der Waals surface area (Å²) in [6, 6.07) is 1.73. The van der Waals surface area contributed by atoms with Gasteiger partial charge in [0.2, 0.25) is 5.91 Å². The van der Waals surface area contributed by atoms with E-state index in [-0.39, 0.29) is 18.5 Å². The molecule has 6 nitrogen and oxygen atoms in total. The van der Waals surface area contributed by atoms with Gasteiger partial charge in [-0.3, -0.25) is 4.79 Å². The molecule has 1 aromatic rings. The lowest BCUT2D eigenvalue weighted by Gasteiger charge is -2.40. The molecule has 0 aliphatic carbocycles. The van der Waals surface area contributed by atoms with Gasteiger partial charge >= 0.3 is 0 Å². The summed E-state index contributed by atoms with van der Waals surface area (Å²) in [5.74, 6) is 1.02. The molecule has 4 N–H and O–H groups in total. The maximum atomic E-state index is 11.5. The van der Waals surface area contributed by atoms with Crippen LogP contribution >= 0.6 is 0 Å². The predicted molar refractivity (Wildman–Crippen MR) is 59.3 cm³/mol. The number of nitrogens with two attached hydrogens (primary N) is 2. The van der Waals surface area contributed by atoms with Gasteiger partial charge in [-0.2, -0.15) is 0 Å². The van der Waals surface area contributed by atoms with Gasteiger partial charge in [-0.1, -0.05) is 0 Å². The van der Waals surface area contributed by atoms with E-state index < -0.39 is 0 Å². The van der Waals surface area contributed by atoms with Gasteiger partial charge < -0.3 is 16.4 Å². The van der Waals surface area contributed by atoms with Crippen LogP contribution in [-0.4, -0.2) is 33.9 Å². The lowest BCUT2D eigenvalue weighted by molar-refractivity contribution is -0.137. The Morgan fingerprint density at radius 3 is 2.88 bits per heavy atom. The van der Waals surface area contributed by atoms with Gasteiger partial charge in [0.25, 0.3) is 0 Å². The fourth-order valence-electron chi connectivity index (χ4n) is 1.90. The molecular weight excluding hydrogens is 206 g/mol. The number of carbonyl (C=O) groups is 1. The first-order chi connectivity index (χ1) is 7.61. The molecular formula is C10H15N5O. The van der Waals surface area contributed by atoms with E-state index in [0.717, 1.165) is 18.7 Å². The molecule has 0 radical (unpaired) electrons. The van der Waals surface area contributed by atoms with E-state index in [4.69, 9.17) is 11.5 Å². The molecule has 2 rings (SSSR count). The van der Waals surface area contributed by atoms with E-state index >= 15 is 0 Å².